The zero-order valence-corrected chi connectivity index (χ0v) is 18.5. The molecular weight excluding hydrogens is 480 g/mol. The molecule has 10 heteroatoms. The molecule has 0 saturated heterocycles. The minimum Gasteiger partial charge on any atom is -0.310 e. The lowest BCUT2D eigenvalue weighted by atomic mass is 10.2. The summed E-state index contributed by atoms with van der Waals surface area (Å²) in [7, 11) is 1.68. The van der Waals surface area contributed by atoms with Gasteiger partial charge in [-0.3, -0.25) is 14.2 Å². The molecule has 0 unspecified atom stereocenters. The predicted octanol–water partition coefficient (Wildman–Crippen LogP) is 4.61. The van der Waals surface area contributed by atoms with Crippen LogP contribution in [0, 0.1) is 0 Å². The number of halogens is 1. The average Bonchev–Trinajstić information content (AvgIpc) is 3.35. The summed E-state index contributed by atoms with van der Waals surface area (Å²) in [6, 6.07) is 7.47. The molecule has 4 aromatic rings. The smallest absolute Gasteiger partial charge is 0.263 e. The van der Waals surface area contributed by atoms with E-state index in [1.165, 1.54) is 27.7 Å². The number of hydrogen-bond acceptors (Lipinski definition) is 7. The van der Waals surface area contributed by atoms with Crippen molar-refractivity contribution in [2.75, 3.05) is 11.1 Å². The SMILES string of the molecule is Cn1c(SCC(=O)Nc2ccc(Br)cn2)nc2scc(-c3cccs3)c2c1=O. The Morgan fingerprint density at radius 2 is 2.18 bits per heavy atom. The summed E-state index contributed by atoms with van der Waals surface area (Å²) in [6.07, 6.45) is 1.61. The number of pyridine rings is 1. The molecule has 1 amide bonds. The Morgan fingerprint density at radius 1 is 1.32 bits per heavy atom. The summed E-state index contributed by atoms with van der Waals surface area (Å²) >= 11 is 7.56. The van der Waals surface area contributed by atoms with Crippen LogP contribution < -0.4 is 10.9 Å². The first kappa shape index (κ1) is 19.3. The van der Waals surface area contributed by atoms with Gasteiger partial charge in [-0.2, -0.15) is 0 Å². The second-order valence-electron chi connectivity index (χ2n) is 5.76. The number of carbonyl (C=O) groups is 1. The second-order valence-corrected chi connectivity index (χ2v) is 9.43. The van der Waals surface area contributed by atoms with Crippen molar-refractivity contribution in [2.24, 2.45) is 7.05 Å². The minimum atomic E-state index is -0.209. The van der Waals surface area contributed by atoms with E-state index >= 15 is 0 Å². The van der Waals surface area contributed by atoms with E-state index in [1.807, 2.05) is 22.9 Å². The maximum atomic E-state index is 12.9. The molecule has 0 aliphatic rings. The maximum absolute atomic E-state index is 12.9. The molecule has 142 valence electrons. The van der Waals surface area contributed by atoms with Gasteiger partial charge in [0, 0.05) is 33.5 Å². The number of hydrogen-bond donors (Lipinski definition) is 1. The van der Waals surface area contributed by atoms with Gasteiger partial charge in [-0.1, -0.05) is 17.8 Å². The van der Waals surface area contributed by atoms with Crippen LogP contribution in [0.4, 0.5) is 5.82 Å². The van der Waals surface area contributed by atoms with Gasteiger partial charge < -0.3 is 5.32 Å². The number of aromatic nitrogens is 3. The van der Waals surface area contributed by atoms with Crippen molar-refractivity contribution in [3.8, 4) is 10.4 Å². The summed E-state index contributed by atoms with van der Waals surface area (Å²) in [5.41, 5.74) is 0.811. The van der Waals surface area contributed by atoms with E-state index in [0.29, 0.717) is 21.2 Å². The Labute approximate surface area is 180 Å². The van der Waals surface area contributed by atoms with Crippen molar-refractivity contribution in [1.82, 2.24) is 14.5 Å². The fourth-order valence-electron chi connectivity index (χ4n) is 2.55. The first-order valence-electron chi connectivity index (χ1n) is 8.09. The third-order valence-corrected chi connectivity index (χ3v) is 7.16. The van der Waals surface area contributed by atoms with Crippen LogP contribution in [0.5, 0.6) is 0 Å². The number of carbonyl (C=O) groups excluding carboxylic acids is 1. The van der Waals surface area contributed by atoms with Crippen molar-refractivity contribution >= 4 is 72.3 Å². The lowest BCUT2D eigenvalue weighted by molar-refractivity contribution is -0.113. The Bertz CT molecular complexity index is 1200. The number of nitrogens with zero attached hydrogens (tertiary/aromatic N) is 3. The van der Waals surface area contributed by atoms with Crippen LogP contribution in [-0.2, 0) is 11.8 Å². The van der Waals surface area contributed by atoms with E-state index in [2.05, 4.69) is 31.2 Å². The highest BCUT2D eigenvalue weighted by molar-refractivity contribution is 9.10. The number of thioether (sulfide) groups is 1. The number of fused-ring (bicyclic) bond motifs is 1. The standard InChI is InChI=1S/C18H13BrN4O2S3/c1-23-17(25)15-11(12-3-2-6-26-12)8-27-16(15)22-18(23)28-9-14(24)21-13-5-4-10(19)7-20-13/h2-8H,9H2,1H3,(H,20,21,24). The van der Waals surface area contributed by atoms with Gasteiger partial charge in [0.2, 0.25) is 5.91 Å². The molecule has 0 radical (unpaired) electrons. The molecule has 0 saturated carbocycles. The average molecular weight is 493 g/mol. The van der Waals surface area contributed by atoms with Crippen molar-refractivity contribution in [3.63, 3.8) is 0 Å². The summed E-state index contributed by atoms with van der Waals surface area (Å²) in [4.78, 5) is 35.5. The van der Waals surface area contributed by atoms with Crippen molar-refractivity contribution in [3.05, 3.63) is 56.0 Å². The molecule has 4 heterocycles. The summed E-state index contributed by atoms with van der Waals surface area (Å²) in [6.45, 7) is 0. The quantitative estimate of drug-likeness (QED) is 0.325. The first-order chi connectivity index (χ1) is 13.5. The highest BCUT2D eigenvalue weighted by atomic mass is 79.9. The van der Waals surface area contributed by atoms with Gasteiger partial charge in [-0.05, 0) is 39.5 Å². The van der Waals surface area contributed by atoms with E-state index in [1.54, 1.807) is 36.7 Å². The van der Waals surface area contributed by atoms with Crippen LogP contribution >= 0.6 is 50.4 Å². The molecule has 6 nitrogen and oxygen atoms in total. The Kier molecular flexibility index (Phi) is 5.63. The second kappa shape index (κ2) is 8.16. The number of amides is 1. The fourth-order valence-corrected chi connectivity index (χ4v) is 5.36. The van der Waals surface area contributed by atoms with E-state index in [-0.39, 0.29) is 17.2 Å². The highest BCUT2D eigenvalue weighted by Gasteiger charge is 2.17. The third kappa shape index (κ3) is 3.90. The number of rotatable bonds is 5. The van der Waals surface area contributed by atoms with Crippen molar-refractivity contribution < 1.29 is 4.79 Å². The monoisotopic (exact) mass is 492 g/mol. The Morgan fingerprint density at radius 3 is 2.89 bits per heavy atom. The van der Waals surface area contributed by atoms with E-state index in [4.69, 9.17) is 0 Å². The summed E-state index contributed by atoms with van der Waals surface area (Å²) < 4.78 is 2.34. The van der Waals surface area contributed by atoms with E-state index in [9.17, 15) is 9.59 Å². The topological polar surface area (TPSA) is 76.9 Å². The van der Waals surface area contributed by atoms with Crippen LogP contribution in [0.2, 0.25) is 0 Å². The third-order valence-electron chi connectivity index (χ3n) is 3.89. The van der Waals surface area contributed by atoms with Crippen molar-refractivity contribution in [2.45, 2.75) is 5.16 Å². The lowest BCUT2D eigenvalue weighted by Crippen LogP contribution is -2.21. The van der Waals surface area contributed by atoms with Crippen LogP contribution in [-0.4, -0.2) is 26.2 Å². The summed E-state index contributed by atoms with van der Waals surface area (Å²) in [5.74, 6) is 0.400. The highest BCUT2D eigenvalue weighted by Crippen LogP contribution is 2.34. The fraction of sp³-hybridized carbons (Fsp3) is 0.111. The van der Waals surface area contributed by atoms with E-state index < -0.39 is 0 Å². The Balaban J connectivity index is 1.54. The normalized spacial score (nSPS) is 11.1. The van der Waals surface area contributed by atoms with Crippen LogP contribution in [0.15, 0.2) is 55.6 Å². The number of anilines is 1. The van der Waals surface area contributed by atoms with Crippen LogP contribution in [0.25, 0.3) is 20.7 Å². The largest absolute Gasteiger partial charge is 0.310 e. The molecule has 1 N–H and O–H groups in total. The summed E-state index contributed by atoms with van der Waals surface area (Å²) in [5, 5.41) is 7.82. The van der Waals surface area contributed by atoms with Gasteiger partial charge in [-0.15, -0.1) is 22.7 Å². The molecule has 0 bridgehead atoms. The number of nitrogens with one attached hydrogen (secondary N) is 1. The predicted molar refractivity (Wildman–Crippen MR) is 119 cm³/mol. The van der Waals surface area contributed by atoms with Crippen molar-refractivity contribution in [1.29, 1.82) is 0 Å². The van der Waals surface area contributed by atoms with Gasteiger partial charge in [0.1, 0.15) is 10.6 Å². The zero-order chi connectivity index (χ0) is 19.7. The molecule has 0 atom stereocenters. The molecule has 4 aromatic heterocycles. The van der Waals surface area contributed by atoms with Crippen LogP contribution in [0.3, 0.4) is 0 Å². The van der Waals surface area contributed by atoms with Gasteiger partial charge >= 0.3 is 0 Å². The molecule has 0 fully saturated rings. The molecule has 4 rings (SSSR count). The van der Waals surface area contributed by atoms with E-state index in [0.717, 1.165) is 14.9 Å². The maximum Gasteiger partial charge on any atom is 0.263 e. The zero-order valence-electron chi connectivity index (χ0n) is 14.5. The Hall–Kier alpha value is -2.01. The number of thiophene rings is 2. The van der Waals surface area contributed by atoms with Gasteiger partial charge in [0.15, 0.2) is 5.16 Å². The lowest BCUT2D eigenvalue weighted by Gasteiger charge is -2.08. The molecular formula is C18H13BrN4O2S3. The first-order valence-corrected chi connectivity index (χ1v) is 11.6. The van der Waals surface area contributed by atoms with Gasteiger partial charge in [0.25, 0.3) is 5.56 Å². The molecule has 0 aliphatic heterocycles. The minimum absolute atomic E-state index is 0.105. The molecule has 0 spiro atoms. The molecule has 28 heavy (non-hydrogen) atoms. The molecule has 0 aromatic carbocycles. The van der Waals surface area contributed by atoms with Crippen LogP contribution in [0.1, 0.15) is 0 Å². The van der Waals surface area contributed by atoms with Gasteiger partial charge in [0.05, 0.1) is 11.1 Å². The van der Waals surface area contributed by atoms with Gasteiger partial charge in [-0.25, -0.2) is 9.97 Å². The molecule has 0 aliphatic carbocycles.